The highest BCUT2D eigenvalue weighted by Crippen LogP contribution is 2.24. The molecule has 1 heterocycles. The van der Waals surface area contributed by atoms with Crippen molar-refractivity contribution >= 4 is 5.91 Å². The van der Waals surface area contributed by atoms with Crippen LogP contribution in [0.4, 0.5) is 0 Å². The van der Waals surface area contributed by atoms with Gasteiger partial charge >= 0.3 is 0 Å². The van der Waals surface area contributed by atoms with Gasteiger partial charge in [-0.1, -0.05) is 30.3 Å². The summed E-state index contributed by atoms with van der Waals surface area (Å²) in [5.74, 6) is 0.0167. The van der Waals surface area contributed by atoms with E-state index in [4.69, 9.17) is 0 Å². The Morgan fingerprint density at radius 1 is 1.14 bits per heavy atom. The molecule has 0 N–H and O–H groups in total. The van der Waals surface area contributed by atoms with Crippen LogP contribution in [-0.2, 0) is 12.8 Å². The number of rotatable bonds is 2. The molecule has 1 aromatic heterocycles. The number of pyridine rings is 1. The third-order valence-corrected chi connectivity index (χ3v) is 4.30. The molecule has 1 aliphatic rings. The van der Waals surface area contributed by atoms with Crippen molar-refractivity contribution in [2.75, 3.05) is 7.05 Å². The van der Waals surface area contributed by atoms with Crippen LogP contribution in [0.1, 0.15) is 33.7 Å². The van der Waals surface area contributed by atoms with Crippen molar-refractivity contribution in [2.24, 2.45) is 0 Å². The maximum Gasteiger partial charge on any atom is 0.272 e. The highest BCUT2D eigenvalue weighted by atomic mass is 16.2. The lowest BCUT2D eigenvalue weighted by Gasteiger charge is -2.32. The van der Waals surface area contributed by atoms with Gasteiger partial charge in [-0.2, -0.15) is 0 Å². The molecule has 0 saturated carbocycles. The zero-order chi connectivity index (χ0) is 14.8. The van der Waals surface area contributed by atoms with Crippen LogP contribution >= 0.6 is 0 Å². The van der Waals surface area contributed by atoms with Crippen LogP contribution in [0, 0.1) is 6.92 Å². The summed E-state index contributed by atoms with van der Waals surface area (Å²) in [6, 6.07) is 14.4. The van der Waals surface area contributed by atoms with Crippen LogP contribution in [0.2, 0.25) is 0 Å². The Hall–Kier alpha value is -2.16. The number of carbonyl (C=O) groups excluding carboxylic acids is 1. The van der Waals surface area contributed by atoms with E-state index < -0.39 is 0 Å². The topological polar surface area (TPSA) is 33.2 Å². The average molecular weight is 280 g/mol. The standard InChI is InChI=1S/C18H20N2O/c1-13-6-5-9-17(19-13)18(21)20(2)16-11-10-14-7-3-4-8-15(14)12-16/h3-9,16H,10-12H2,1-2H3/t16-/m1/s1. The lowest BCUT2D eigenvalue weighted by Crippen LogP contribution is -2.41. The number of hydrogen-bond donors (Lipinski definition) is 0. The number of likely N-dealkylation sites (N-methyl/N-ethyl adjacent to an activating group) is 1. The number of carbonyl (C=O) groups is 1. The lowest BCUT2D eigenvalue weighted by atomic mass is 9.87. The van der Waals surface area contributed by atoms with E-state index in [1.54, 1.807) is 6.07 Å². The van der Waals surface area contributed by atoms with Crippen molar-refractivity contribution in [3.8, 4) is 0 Å². The minimum Gasteiger partial charge on any atom is -0.337 e. The molecule has 0 spiro atoms. The first kappa shape index (κ1) is 13.8. The fourth-order valence-corrected chi connectivity index (χ4v) is 3.02. The molecule has 3 nitrogen and oxygen atoms in total. The van der Waals surface area contributed by atoms with Gasteiger partial charge in [0.25, 0.3) is 5.91 Å². The van der Waals surface area contributed by atoms with Crippen molar-refractivity contribution < 1.29 is 4.79 Å². The van der Waals surface area contributed by atoms with Gasteiger partial charge in [0.15, 0.2) is 0 Å². The van der Waals surface area contributed by atoms with Gasteiger partial charge in [-0.05, 0) is 49.4 Å². The summed E-state index contributed by atoms with van der Waals surface area (Å²) in [4.78, 5) is 18.8. The van der Waals surface area contributed by atoms with E-state index in [1.807, 2.05) is 31.0 Å². The Labute approximate surface area is 125 Å². The van der Waals surface area contributed by atoms with Gasteiger partial charge in [-0.15, -0.1) is 0 Å². The molecule has 0 unspecified atom stereocenters. The first-order chi connectivity index (χ1) is 10.1. The average Bonchev–Trinajstić information content (AvgIpc) is 2.53. The number of aryl methyl sites for hydroxylation is 2. The van der Waals surface area contributed by atoms with Crippen molar-refractivity contribution in [3.63, 3.8) is 0 Å². The zero-order valence-electron chi connectivity index (χ0n) is 12.5. The maximum absolute atomic E-state index is 12.6. The summed E-state index contributed by atoms with van der Waals surface area (Å²) in [5, 5.41) is 0. The predicted molar refractivity (Wildman–Crippen MR) is 83.3 cm³/mol. The van der Waals surface area contributed by atoms with E-state index in [2.05, 4.69) is 29.2 Å². The molecule has 0 radical (unpaired) electrons. The van der Waals surface area contributed by atoms with Crippen molar-refractivity contribution in [2.45, 2.75) is 32.2 Å². The summed E-state index contributed by atoms with van der Waals surface area (Å²) in [6.07, 6.45) is 3.00. The van der Waals surface area contributed by atoms with Crippen LogP contribution in [-0.4, -0.2) is 28.9 Å². The highest BCUT2D eigenvalue weighted by Gasteiger charge is 2.26. The van der Waals surface area contributed by atoms with Crippen molar-refractivity contribution in [1.29, 1.82) is 0 Å². The van der Waals surface area contributed by atoms with Crippen molar-refractivity contribution in [1.82, 2.24) is 9.88 Å². The monoisotopic (exact) mass is 280 g/mol. The van der Waals surface area contributed by atoms with Crippen LogP contribution in [0.25, 0.3) is 0 Å². The maximum atomic E-state index is 12.6. The number of amides is 1. The molecule has 2 aromatic rings. The molecule has 3 rings (SSSR count). The van der Waals surface area contributed by atoms with Crippen LogP contribution in [0.3, 0.4) is 0 Å². The van der Waals surface area contributed by atoms with Gasteiger partial charge in [0, 0.05) is 18.8 Å². The second-order valence-corrected chi connectivity index (χ2v) is 5.75. The Balaban J connectivity index is 1.77. The van der Waals surface area contributed by atoms with Gasteiger partial charge < -0.3 is 4.90 Å². The number of nitrogens with zero attached hydrogens (tertiary/aromatic N) is 2. The summed E-state index contributed by atoms with van der Waals surface area (Å²) in [7, 11) is 1.89. The molecular weight excluding hydrogens is 260 g/mol. The van der Waals surface area contributed by atoms with Gasteiger partial charge in [-0.3, -0.25) is 4.79 Å². The van der Waals surface area contributed by atoms with E-state index in [0.717, 1.165) is 25.0 Å². The Bertz CT molecular complexity index is 666. The summed E-state index contributed by atoms with van der Waals surface area (Å²) in [5.41, 5.74) is 4.20. The third kappa shape index (κ3) is 2.82. The summed E-state index contributed by atoms with van der Waals surface area (Å²) in [6.45, 7) is 1.91. The molecule has 0 bridgehead atoms. The first-order valence-corrected chi connectivity index (χ1v) is 7.43. The van der Waals surface area contributed by atoms with E-state index in [1.165, 1.54) is 11.1 Å². The molecule has 21 heavy (non-hydrogen) atoms. The molecule has 1 amide bonds. The lowest BCUT2D eigenvalue weighted by molar-refractivity contribution is 0.0712. The normalized spacial score (nSPS) is 17.1. The fraction of sp³-hybridized carbons (Fsp3) is 0.333. The molecule has 1 atom stereocenters. The van der Waals surface area contributed by atoms with E-state index in [9.17, 15) is 4.79 Å². The number of aromatic nitrogens is 1. The molecule has 3 heteroatoms. The van der Waals surface area contributed by atoms with Gasteiger partial charge in [0.1, 0.15) is 5.69 Å². The zero-order valence-corrected chi connectivity index (χ0v) is 12.5. The van der Waals surface area contributed by atoms with Crippen molar-refractivity contribution in [3.05, 3.63) is 65.0 Å². The predicted octanol–water partition coefficient (Wildman–Crippen LogP) is 3.02. The smallest absolute Gasteiger partial charge is 0.272 e. The fourth-order valence-electron chi connectivity index (χ4n) is 3.02. The van der Waals surface area contributed by atoms with E-state index in [-0.39, 0.29) is 11.9 Å². The van der Waals surface area contributed by atoms with E-state index in [0.29, 0.717) is 5.69 Å². The number of benzene rings is 1. The number of hydrogen-bond acceptors (Lipinski definition) is 2. The number of fused-ring (bicyclic) bond motifs is 1. The second kappa shape index (κ2) is 5.68. The van der Waals surface area contributed by atoms with Crippen LogP contribution in [0.5, 0.6) is 0 Å². The van der Waals surface area contributed by atoms with E-state index >= 15 is 0 Å². The van der Waals surface area contributed by atoms with Gasteiger partial charge in [-0.25, -0.2) is 4.98 Å². The van der Waals surface area contributed by atoms with Gasteiger partial charge in [0.05, 0.1) is 0 Å². The molecule has 108 valence electrons. The summed E-state index contributed by atoms with van der Waals surface area (Å²) >= 11 is 0. The SMILES string of the molecule is Cc1cccc(C(=O)N(C)[C@@H]2CCc3ccccc3C2)n1. The molecular formula is C18H20N2O. The van der Waals surface area contributed by atoms with Crippen LogP contribution in [0.15, 0.2) is 42.5 Å². The second-order valence-electron chi connectivity index (χ2n) is 5.75. The summed E-state index contributed by atoms with van der Waals surface area (Å²) < 4.78 is 0. The molecule has 1 aromatic carbocycles. The third-order valence-electron chi connectivity index (χ3n) is 4.30. The highest BCUT2D eigenvalue weighted by molar-refractivity contribution is 5.92. The Kier molecular flexibility index (Phi) is 3.74. The Morgan fingerprint density at radius 2 is 1.90 bits per heavy atom. The quantitative estimate of drug-likeness (QED) is 0.847. The Morgan fingerprint density at radius 3 is 2.67 bits per heavy atom. The molecule has 0 fully saturated rings. The molecule has 1 aliphatic carbocycles. The van der Waals surface area contributed by atoms with Crippen LogP contribution < -0.4 is 0 Å². The molecule has 0 aliphatic heterocycles. The minimum atomic E-state index is 0.0167. The largest absolute Gasteiger partial charge is 0.337 e. The first-order valence-electron chi connectivity index (χ1n) is 7.43. The van der Waals surface area contributed by atoms with Gasteiger partial charge in [0.2, 0.25) is 0 Å². The molecule has 0 saturated heterocycles. The minimum absolute atomic E-state index is 0.0167.